The molecule has 0 spiro atoms. The first kappa shape index (κ1) is 19.1. The number of hydrogen-bond acceptors (Lipinski definition) is 5. The lowest BCUT2D eigenvalue weighted by molar-refractivity contribution is 0.103. The Balaban J connectivity index is 1.88. The summed E-state index contributed by atoms with van der Waals surface area (Å²) in [6.07, 6.45) is 1.65. The molecule has 6 heteroatoms. The quantitative estimate of drug-likeness (QED) is 0.576. The molecule has 0 aliphatic heterocycles. The largest absolute Gasteiger partial charge is 0.497 e. The number of methoxy groups -OCH3 is 2. The molecule has 0 saturated heterocycles. The zero-order chi connectivity index (χ0) is 19.1. The molecule has 1 amide bonds. The molecule has 0 bridgehead atoms. The summed E-state index contributed by atoms with van der Waals surface area (Å²) in [7, 11) is 3.29. The zero-order valence-electron chi connectivity index (χ0n) is 15.4. The van der Waals surface area contributed by atoms with Gasteiger partial charge in [0.2, 0.25) is 0 Å². The van der Waals surface area contributed by atoms with Crippen LogP contribution in [0.4, 0.5) is 5.69 Å². The Morgan fingerprint density at radius 1 is 1.11 bits per heavy atom. The molecule has 0 saturated carbocycles. The van der Waals surface area contributed by atoms with Crippen molar-refractivity contribution >= 4 is 22.9 Å². The van der Waals surface area contributed by atoms with Crippen molar-refractivity contribution in [1.29, 1.82) is 0 Å². The van der Waals surface area contributed by atoms with Gasteiger partial charge in [0.25, 0.3) is 5.91 Å². The van der Waals surface area contributed by atoms with E-state index in [0.717, 1.165) is 23.4 Å². The Morgan fingerprint density at radius 2 is 1.93 bits per heavy atom. The summed E-state index contributed by atoms with van der Waals surface area (Å²) in [6.45, 7) is 0.672. The van der Waals surface area contributed by atoms with Gasteiger partial charge in [-0.1, -0.05) is 36.4 Å². The first-order chi connectivity index (χ1) is 13.2. The van der Waals surface area contributed by atoms with Gasteiger partial charge in [-0.15, -0.1) is 11.3 Å². The van der Waals surface area contributed by atoms with Crippen LogP contribution in [0.2, 0.25) is 0 Å². The van der Waals surface area contributed by atoms with Crippen molar-refractivity contribution in [3.05, 3.63) is 64.5 Å². The normalized spacial score (nSPS) is 10.6. The number of hydrogen-bond donors (Lipinski definition) is 1. The smallest absolute Gasteiger partial charge is 0.268 e. The average Bonchev–Trinajstić information content (AvgIpc) is 3.13. The molecule has 1 aromatic heterocycles. The first-order valence-corrected chi connectivity index (χ1v) is 9.52. The summed E-state index contributed by atoms with van der Waals surface area (Å²) < 4.78 is 10.3. The van der Waals surface area contributed by atoms with Crippen LogP contribution in [-0.4, -0.2) is 31.7 Å². The van der Waals surface area contributed by atoms with Crippen LogP contribution >= 0.6 is 11.3 Å². The van der Waals surface area contributed by atoms with Gasteiger partial charge >= 0.3 is 0 Å². The number of ether oxygens (including phenoxy) is 2. The van der Waals surface area contributed by atoms with Crippen molar-refractivity contribution in [3.8, 4) is 17.0 Å². The van der Waals surface area contributed by atoms with Gasteiger partial charge in [0.15, 0.2) is 0 Å². The van der Waals surface area contributed by atoms with Crippen molar-refractivity contribution in [2.24, 2.45) is 0 Å². The molecule has 27 heavy (non-hydrogen) atoms. The molecule has 2 aromatic carbocycles. The van der Waals surface area contributed by atoms with Crippen molar-refractivity contribution in [3.63, 3.8) is 0 Å². The molecule has 0 fully saturated rings. The summed E-state index contributed by atoms with van der Waals surface area (Å²) in [5, 5.41) is 3.88. The number of amides is 1. The van der Waals surface area contributed by atoms with Gasteiger partial charge in [-0.3, -0.25) is 4.79 Å². The molecule has 0 aliphatic carbocycles. The van der Waals surface area contributed by atoms with Gasteiger partial charge in [-0.05, 0) is 18.6 Å². The second-order valence-electron chi connectivity index (χ2n) is 5.93. The predicted octanol–water partition coefficient (Wildman–Crippen LogP) is 4.65. The number of aromatic nitrogens is 1. The lowest BCUT2D eigenvalue weighted by Crippen LogP contribution is -2.11. The number of aryl methyl sites for hydroxylation is 1. The van der Waals surface area contributed by atoms with Gasteiger partial charge in [-0.2, -0.15) is 0 Å². The maximum absolute atomic E-state index is 12.9. The van der Waals surface area contributed by atoms with Crippen LogP contribution < -0.4 is 10.1 Å². The number of anilines is 1. The zero-order valence-corrected chi connectivity index (χ0v) is 16.2. The number of nitrogens with one attached hydrogen (secondary N) is 1. The second-order valence-corrected chi connectivity index (χ2v) is 7.02. The number of thiazole rings is 1. The Morgan fingerprint density at radius 3 is 2.67 bits per heavy atom. The van der Waals surface area contributed by atoms with Crippen LogP contribution in [0.25, 0.3) is 11.3 Å². The fraction of sp³-hybridized carbons (Fsp3) is 0.238. The molecule has 0 unspecified atom stereocenters. The minimum Gasteiger partial charge on any atom is -0.497 e. The van der Waals surface area contributed by atoms with E-state index in [0.29, 0.717) is 28.6 Å². The van der Waals surface area contributed by atoms with E-state index in [1.807, 2.05) is 48.5 Å². The van der Waals surface area contributed by atoms with Crippen molar-refractivity contribution in [2.75, 3.05) is 26.1 Å². The average molecular weight is 382 g/mol. The Kier molecular flexibility index (Phi) is 6.57. The third-order valence-electron chi connectivity index (χ3n) is 3.99. The summed E-state index contributed by atoms with van der Waals surface area (Å²) in [5.41, 5.74) is 2.34. The summed E-state index contributed by atoms with van der Waals surface area (Å²) in [4.78, 5) is 18.3. The number of rotatable bonds is 8. The Labute approximate surface area is 163 Å². The van der Waals surface area contributed by atoms with E-state index in [9.17, 15) is 4.79 Å². The van der Waals surface area contributed by atoms with Crippen molar-refractivity contribution in [2.45, 2.75) is 12.8 Å². The number of nitrogens with zero attached hydrogens (tertiary/aromatic N) is 1. The lowest BCUT2D eigenvalue weighted by Gasteiger charge is -2.07. The summed E-state index contributed by atoms with van der Waals surface area (Å²) in [6, 6.07) is 17.1. The van der Waals surface area contributed by atoms with E-state index in [1.54, 1.807) is 20.3 Å². The number of carbonyl (C=O) groups is 1. The summed E-state index contributed by atoms with van der Waals surface area (Å²) in [5.74, 6) is 0.526. The van der Waals surface area contributed by atoms with Crippen LogP contribution in [0.5, 0.6) is 5.75 Å². The molecule has 0 atom stereocenters. The van der Waals surface area contributed by atoms with Gasteiger partial charge in [-0.25, -0.2) is 4.98 Å². The standard InChI is InChI=1S/C21H22N2O3S/c1-25-13-7-12-18-23-19(15-8-4-3-5-9-15)20(27-18)21(24)22-16-10-6-11-17(14-16)26-2/h3-6,8-11,14H,7,12-13H2,1-2H3,(H,22,24). The van der Waals surface area contributed by atoms with Crippen LogP contribution in [-0.2, 0) is 11.2 Å². The van der Waals surface area contributed by atoms with Crippen LogP contribution in [0.3, 0.4) is 0 Å². The molecule has 5 nitrogen and oxygen atoms in total. The highest BCUT2D eigenvalue weighted by Crippen LogP contribution is 2.30. The van der Waals surface area contributed by atoms with Gasteiger partial charge in [0, 0.05) is 37.5 Å². The third-order valence-corrected chi connectivity index (χ3v) is 5.11. The topological polar surface area (TPSA) is 60.5 Å². The molecular weight excluding hydrogens is 360 g/mol. The lowest BCUT2D eigenvalue weighted by atomic mass is 10.1. The minimum atomic E-state index is -0.169. The predicted molar refractivity (Wildman–Crippen MR) is 109 cm³/mol. The van der Waals surface area contributed by atoms with E-state index in [1.165, 1.54) is 11.3 Å². The molecular formula is C21H22N2O3S. The molecule has 3 aromatic rings. The van der Waals surface area contributed by atoms with E-state index in [4.69, 9.17) is 14.5 Å². The maximum Gasteiger partial charge on any atom is 0.268 e. The monoisotopic (exact) mass is 382 g/mol. The van der Waals surface area contributed by atoms with E-state index in [-0.39, 0.29) is 5.91 Å². The molecule has 1 heterocycles. The fourth-order valence-corrected chi connectivity index (χ4v) is 3.70. The van der Waals surface area contributed by atoms with Gasteiger partial charge in [0.1, 0.15) is 10.6 Å². The van der Waals surface area contributed by atoms with Gasteiger partial charge < -0.3 is 14.8 Å². The maximum atomic E-state index is 12.9. The highest BCUT2D eigenvalue weighted by Gasteiger charge is 2.19. The minimum absolute atomic E-state index is 0.169. The van der Waals surface area contributed by atoms with Crippen LogP contribution in [0.15, 0.2) is 54.6 Å². The van der Waals surface area contributed by atoms with Crippen LogP contribution in [0, 0.1) is 0 Å². The highest BCUT2D eigenvalue weighted by atomic mass is 32.1. The molecule has 140 valence electrons. The van der Waals surface area contributed by atoms with E-state index in [2.05, 4.69) is 5.32 Å². The van der Waals surface area contributed by atoms with E-state index >= 15 is 0 Å². The number of benzene rings is 2. The van der Waals surface area contributed by atoms with E-state index < -0.39 is 0 Å². The van der Waals surface area contributed by atoms with Crippen molar-refractivity contribution < 1.29 is 14.3 Å². The Bertz CT molecular complexity index is 893. The SMILES string of the molecule is COCCCc1nc(-c2ccccc2)c(C(=O)Nc2cccc(OC)c2)s1. The number of carbonyl (C=O) groups excluding carboxylic acids is 1. The molecule has 1 N–H and O–H groups in total. The fourth-order valence-electron chi connectivity index (χ4n) is 2.67. The second kappa shape index (κ2) is 9.30. The highest BCUT2D eigenvalue weighted by molar-refractivity contribution is 7.14. The van der Waals surface area contributed by atoms with Crippen LogP contribution in [0.1, 0.15) is 21.1 Å². The summed E-state index contributed by atoms with van der Waals surface area (Å²) >= 11 is 1.43. The van der Waals surface area contributed by atoms with Crippen molar-refractivity contribution in [1.82, 2.24) is 4.98 Å². The molecule has 0 aliphatic rings. The van der Waals surface area contributed by atoms with Gasteiger partial charge in [0.05, 0.1) is 17.8 Å². The molecule has 3 rings (SSSR count). The third kappa shape index (κ3) is 4.93. The Hall–Kier alpha value is -2.70. The molecule has 0 radical (unpaired) electrons. The first-order valence-electron chi connectivity index (χ1n) is 8.70.